The van der Waals surface area contributed by atoms with Gasteiger partial charge in [0.2, 0.25) is 0 Å². The molecule has 2 N–H and O–H groups in total. The van der Waals surface area contributed by atoms with Gasteiger partial charge in [-0.1, -0.05) is 26.0 Å². The molecule has 0 aromatic heterocycles. The van der Waals surface area contributed by atoms with Crippen LogP contribution in [0.25, 0.3) is 0 Å². The maximum atomic E-state index is 12.1. The van der Waals surface area contributed by atoms with Crippen molar-refractivity contribution in [2.45, 2.75) is 33.2 Å². The number of hydrogen-bond donors (Lipinski definition) is 2. The van der Waals surface area contributed by atoms with Gasteiger partial charge in [-0.05, 0) is 46.8 Å². The summed E-state index contributed by atoms with van der Waals surface area (Å²) >= 11 is 3.35. The first kappa shape index (κ1) is 15.7. The summed E-state index contributed by atoms with van der Waals surface area (Å²) in [6.45, 7) is 5.72. The Morgan fingerprint density at radius 2 is 2.00 bits per heavy atom. The van der Waals surface area contributed by atoms with Gasteiger partial charge in [0.05, 0.1) is 5.56 Å². The number of amides is 1. The first-order valence-electron chi connectivity index (χ1n) is 6.11. The molecule has 1 amide bonds. The summed E-state index contributed by atoms with van der Waals surface area (Å²) in [5.41, 5.74) is 1.39. The fourth-order valence-electron chi connectivity index (χ4n) is 1.75. The summed E-state index contributed by atoms with van der Waals surface area (Å²) in [4.78, 5) is 23.2. The normalized spacial score (nSPS) is 12.3. The summed E-state index contributed by atoms with van der Waals surface area (Å²) in [6.07, 6.45) is 0.407. The van der Waals surface area contributed by atoms with Crippen LogP contribution in [-0.2, 0) is 4.79 Å². The molecule has 0 bridgehead atoms. The van der Waals surface area contributed by atoms with Crippen molar-refractivity contribution in [2.75, 3.05) is 0 Å². The van der Waals surface area contributed by atoms with Crippen molar-refractivity contribution in [1.29, 1.82) is 0 Å². The average molecular weight is 328 g/mol. The predicted molar refractivity (Wildman–Crippen MR) is 77.2 cm³/mol. The molecule has 0 spiro atoms. The maximum absolute atomic E-state index is 12.1. The zero-order chi connectivity index (χ0) is 14.6. The van der Waals surface area contributed by atoms with Crippen LogP contribution in [0.1, 0.15) is 36.2 Å². The minimum absolute atomic E-state index is 0.197. The van der Waals surface area contributed by atoms with Crippen molar-refractivity contribution in [3.05, 3.63) is 33.8 Å². The van der Waals surface area contributed by atoms with E-state index < -0.39 is 12.0 Å². The minimum atomic E-state index is -1.01. The average Bonchev–Trinajstić information content (AvgIpc) is 2.31. The molecule has 0 aliphatic heterocycles. The molecule has 4 nitrogen and oxygen atoms in total. The lowest BCUT2D eigenvalue weighted by molar-refractivity contribution is -0.139. The van der Waals surface area contributed by atoms with E-state index >= 15 is 0 Å². The van der Waals surface area contributed by atoms with Gasteiger partial charge in [0.15, 0.2) is 0 Å². The first-order valence-corrected chi connectivity index (χ1v) is 6.91. The Hall–Kier alpha value is -1.36. The summed E-state index contributed by atoms with van der Waals surface area (Å²) in [7, 11) is 0. The number of nitrogens with one attached hydrogen (secondary N) is 1. The van der Waals surface area contributed by atoms with Crippen LogP contribution >= 0.6 is 15.9 Å². The van der Waals surface area contributed by atoms with E-state index in [-0.39, 0.29) is 11.8 Å². The van der Waals surface area contributed by atoms with Crippen molar-refractivity contribution in [3.8, 4) is 0 Å². The number of rotatable bonds is 5. The SMILES string of the molecule is Cc1cccc(C(=O)N[C@@H](CC(C)C)C(=O)O)c1Br. The number of aryl methyl sites for hydroxylation is 1. The van der Waals surface area contributed by atoms with Gasteiger partial charge in [-0.25, -0.2) is 4.79 Å². The maximum Gasteiger partial charge on any atom is 0.326 e. The summed E-state index contributed by atoms with van der Waals surface area (Å²) < 4.78 is 0.696. The number of benzene rings is 1. The van der Waals surface area contributed by atoms with Gasteiger partial charge >= 0.3 is 5.97 Å². The van der Waals surface area contributed by atoms with E-state index in [4.69, 9.17) is 5.11 Å². The van der Waals surface area contributed by atoms with Crippen molar-refractivity contribution in [2.24, 2.45) is 5.92 Å². The van der Waals surface area contributed by atoms with Crippen LogP contribution in [0.4, 0.5) is 0 Å². The van der Waals surface area contributed by atoms with Gasteiger partial charge < -0.3 is 10.4 Å². The van der Waals surface area contributed by atoms with E-state index in [9.17, 15) is 9.59 Å². The molecule has 19 heavy (non-hydrogen) atoms. The van der Waals surface area contributed by atoms with Crippen LogP contribution in [-0.4, -0.2) is 23.0 Å². The second-order valence-electron chi connectivity index (χ2n) is 4.93. The van der Waals surface area contributed by atoms with Crippen molar-refractivity contribution in [3.63, 3.8) is 0 Å². The number of hydrogen-bond acceptors (Lipinski definition) is 2. The second kappa shape index (κ2) is 6.70. The lowest BCUT2D eigenvalue weighted by atomic mass is 10.0. The molecule has 0 saturated carbocycles. The van der Waals surface area contributed by atoms with Crippen molar-refractivity contribution < 1.29 is 14.7 Å². The molecule has 1 aromatic rings. The Bertz CT molecular complexity index is 486. The van der Waals surface area contributed by atoms with E-state index in [2.05, 4.69) is 21.2 Å². The van der Waals surface area contributed by atoms with Crippen LogP contribution in [0.5, 0.6) is 0 Å². The van der Waals surface area contributed by atoms with E-state index in [1.807, 2.05) is 26.8 Å². The summed E-state index contributed by atoms with van der Waals surface area (Å²) in [5, 5.41) is 11.7. The molecular formula is C14H18BrNO3. The summed E-state index contributed by atoms with van der Waals surface area (Å²) in [6, 6.07) is 4.46. The van der Waals surface area contributed by atoms with E-state index in [0.717, 1.165) is 5.56 Å². The topological polar surface area (TPSA) is 66.4 Å². The highest BCUT2D eigenvalue weighted by Gasteiger charge is 2.22. The van der Waals surface area contributed by atoms with Gasteiger partial charge in [-0.3, -0.25) is 4.79 Å². The molecule has 0 radical (unpaired) electrons. The lowest BCUT2D eigenvalue weighted by Crippen LogP contribution is -2.41. The highest BCUT2D eigenvalue weighted by atomic mass is 79.9. The summed E-state index contributed by atoms with van der Waals surface area (Å²) in [5.74, 6) is -1.18. The molecule has 1 aromatic carbocycles. The third kappa shape index (κ3) is 4.35. The van der Waals surface area contributed by atoms with Gasteiger partial charge in [0, 0.05) is 4.47 Å². The molecule has 0 aliphatic carbocycles. The molecule has 0 heterocycles. The number of aliphatic carboxylic acids is 1. The fourth-order valence-corrected chi connectivity index (χ4v) is 2.20. The smallest absolute Gasteiger partial charge is 0.326 e. The number of carboxylic acids is 1. The van der Waals surface area contributed by atoms with E-state index in [1.165, 1.54) is 0 Å². The Kier molecular flexibility index (Phi) is 5.54. The first-order chi connectivity index (χ1) is 8.82. The van der Waals surface area contributed by atoms with Crippen LogP contribution in [0.2, 0.25) is 0 Å². The quantitative estimate of drug-likeness (QED) is 0.873. The number of halogens is 1. The zero-order valence-corrected chi connectivity index (χ0v) is 12.8. The molecule has 0 unspecified atom stereocenters. The van der Waals surface area contributed by atoms with E-state index in [0.29, 0.717) is 16.5 Å². The lowest BCUT2D eigenvalue weighted by Gasteiger charge is -2.17. The van der Waals surface area contributed by atoms with Gasteiger partial charge in [-0.15, -0.1) is 0 Å². The number of carbonyl (C=O) groups is 2. The molecule has 1 atom stereocenters. The molecule has 5 heteroatoms. The van der Waals surface area contributed by atoms with E-state index in [1.54, 1.807) is 12.1 Å². The largest absolute Gasteiger partial charge is 0.480 e. The van der Waals surface area contributed by atoms with Gasteiger partial charge in [0.1, 0.15) is 6.04 Å². The monoisotopic (exact) mass is 327 g/mol. The predicted octanol–water partition coefficient (Wildman–Crippen LogP) is 2.99. The third-order valence-electron chi connectivity index (χ3n) is 2.75. The second-order valence-corrected chi connectivity index (χ2v) is 5.72. The van der Waals surface area contributed by atoms with Gasteiger partial charge in [-0.2, -0.15) is 0 Å². The van der Waals surface area contributed by atoms with Gasteiger partial charge in [0.25, 0.3) is 5.91 Å². The third-order valence-corrected chi connectivity index (χ3v) is 3.80. The Morgan fingerprint density at radius 1 is 1.37 bits per heavy atom. The number of carboxylic acid groups (broad SMARTS) is 1. The Morgan fingerprint density at radius 3 is 2.53 bits per heavy atom. The van der Waals surface area contributed by atoms with Crippen molar-refractivity contribution in [1.82, 2.24) is 5.32 Å². The van der Waals surface area contributed by atoms with Crippen LogP contribution in [0.3, 0.4) is 0 Å². The van der Waals surface area contributed by atoms with Crippen LogP contribution in [0.15, 0.2) is 22.7 Å². The minimum Gasteiger partial charge on any atom is -0.480 e. The highest BCUT2D eigenvalue weighted by Crippen LogP contribution is 2.21. The highest BCUT2D eigenvalue weighted by molar-refractivity contribution is 9.10. The molecule has 0 aliphatic rings. The molecule has 104 valence electrons. The molecule has 0 fully saturated rings. The van der Waals surface area contributed by atoms with Crippen molar-refractivity contribution >= 4 is 27.8 Å². The fraction of sp³-hybridized carbons (Fsp3) is 0.429. The van der Waals surface area contributed by atoms with Crippen LogP contribution < -0.4 is 5.32 Å². The number of carbonyl (C=O) groups excluding carboxylic acids is 1. The molecule has 1 rings (SSSR count). The van der Waals surface area contributed by atoms with Crippen LogP contribution in [0, 0.1) is 12.8 Å². The Labute approximate surface area is 121 Å². The standard InChI is InChI=1S/C14H18BrNO3/c1-8(2)7-11(14(18)19)16-13(17)10-6-4-5-9(3)12(10)15/h4-6,8,11H,7H2,1-3H3,(H,16,17)(H,18,19)/t11-/m0/s1. The molecule has 0 saturated heterocycles. The zero-order valence-electron chi connectivity index (χ0n) is 11.2. The Balaban J connectivity index is 2.88. The molecular weight excluding hydrogens is 310 g/mol.